The summed E-state index contributed by atoms with van der Waals surface area (Å²) in [4.78, 5) is 12.7. The summed E-state index contributed by atoms with van der Waals surface area (Å²) in [7, 11) is 1.97. The predicted molar refractivity (Wildman–Crippen MR) is 52.3 cm³/mol. The average molecular weight is 185 g/mol. The molecule has 0 bridgehead atoms. The first-order valence-corrected chi connectivity index (χ1v) is 4.78. The second-order valence-electron chi connectivity index (χ2n) is 4.01. The van der Waals surface area contributed by atoms with E-state index in [-0.39, 0.29) is 6.03 Å². The largest absolute Gasteiger partial charge is 0.351 e. The Bertz CT molecular complexity index is 183. The molecule has 0 aromatic carbocycles. The fourth-order valence-corrected chi connectivity index (χ4v) is 2.31. The highest BCUT2D eigenvalue weighted by atomic mass is 16.2. The van der Waals surface area contributed by atoms with Gasteiger partial charge < -0.3 is 16.0 Å². The van der Waals surface area contributed by atoms with Crippen molar-refractivity contribution in [2.24, 2.45) is 17.6 Å². The van der Waals surface area contributed by atoms with E-state index in [0.29, 0.717) is 17.9 Å². The average Bonchev–Trinajstić information content (AvgIpc) is 2.03. The molecule has 13 heavy (non-hydrogen) atoms. The normalized spacial score (nSPS) is 34.7. The minimum absolute atomic E-state index is 0.298. The Morgan fingerprint density at radius 2 is 1.85 bits per heavy atom. The summed E-state index contributed by atoms with van der Waals surface area (Å²) in [5.41, 5.74) is 5.25. The number of nitrogens with two attached hydrogens (primary N) is 1. The monoisotopic (exact) mass is 185 g/mol. The predicted octanol–water partition coefficient (Wildman–Crippen LogP) is 0.241. The van der Waals surface area contributed by atoms with E-state index in [1.165, 1.54) is 0 Å². The molecular formula is C9H19N3O. The van der Waals surface area contributed by atoms with Gasteiger partial charge in [-0.1, -0.05) is 13.8 Å². The van der Waals surface area contributed by atoms with E-state index in [0.717, 1.165) is 13.1 Å². The van der Waals surface area contributed by atoms with Crippen molar-refractivity contribution in [1.29, 1.82) is 0 Å². The van der Waals surface area contributed by atoms with E-state index in [1.54, 1.807) is 4.90 Å². The number of likely N-dealkylation sites (tertiary alicyclic amines) is 1. The Kier molecular flexibility index (Phi) is 3.14. The third-order valence-electron chi connectivity index (χ3n) is 2.89. The molecule has 0 spiro atoms. The van der Waals surface area contributed by atoms with Gasteiger partial charge in [-0.3, -0.25) is 0 Å². The lowest BCUT2D eigenvalue weighted by atomic mass is 9.86. The third-order valence-corrected chi connectivity index (χ3v) is 2.89. The molecule has 2 atom stereocenters. The molecule has 0 radical (unpaired) electrons. The number of piperidine rings is 1. The van der Waals surface area contributed by atoms with E-state index >= 15 is 0 Å². The second kappa shape index (κ2) is 3.96. The van der Waals surface area contributed by atoms with Crippen LogP contribution in [0.4, 0.5) is 4.79 Å². The molecule has 0 aliphatic carbocycles. The molecule has 3 N–H and O–H groups in total. The van der Waals surface area contributed by atoms with Gasteiger partial charge in [0.1, 0.15) is 0 Å². The van der Waals surface area contributed by atoms with Crippen LogP contribution in [0, 0.1) is 11.8 Å². The highest BCUT2D eigenvalue weighted by Crippen LogP contribution is 2.21. The van der Waals surface area contributed by atoms with Crippen LogP contribution in [0.3, 0.4) is 0 Å². The second-order valence-corrected chi connectivity index (χ2v) is 4.01. The van der Waals surface area contributed by atoms with Crippen molar-refractivity contribution in [3.05, 3.63) is 0 Å². The molecule has 4 nitrogen and oxygen atoms in total. The Labute approximate surface area is 79.5 Å². The topological polar surface area (TPSA) is 58.4 Å². The fraction of sp³-hybridized carbons (Fsp3) is 0.889. The summed E-state index contributed by atoms with van der Waals surface area (Å²) in [5.74, 6) is 0.947. The van der Waals surface area contributed by atoms with E-state index in [9.17, 15) is 4.79 Å². The van der Waals surface area contributed by atoms with Gasteiger partial charge >= 0.3 is 6.03 Å². The van der Waals surface area contributed by atoms with Crippen molar-refractivity contribution in [2.75, 3.05) is 20.1 Å². The summed E-state index contributed by atoms with van der Waals surface area (Å²) >= 11 is 0. The zero-order chi connectivity index (χ0) is 10.0. The Hall–Kier alpha value is -0.770. The van der Waals surface area contributed by atoms with Crippen molar-refractivity contribution in [3.8, 4) is 0 Å². The maximum absolute atomic E-state index is 11.0. The molecule has 1 aliphatic heterocycles. The van der Waals surface area contributed by atoms with Gasteiger partial charge in [-0.25, -0.2) is 4.79 Å². The van der Waals surface area contributed by atoms with Crippen LogP contribution in [0.5, 0.6) is 0 Å². The summed E-state index contributed by atoms with van der Waals surface area (Å²) in [6, 6.07) is 0.198. The van der Waals surface area contributed by atoms with E-state index < -0.39 is 0 Å². The minimum atomic E-state index is -0.298. The highest BCUT2D eigenvalue weighted by Gasteiger charge is 2.31. The smallest absolute Gasteiger partial charge is 0.314 e. The highest BCUT2D eigenvalue weighted by molar-refractivity contribution is 5.72. The number of primary amides is 1. The molecule has 1 rings (SSSR count). The molecule has 76 valence electrons. The van der Waals surface area contributed by atoms with Crippen LogP contribution < -0.4 is 11.1 Å². The van der Waals surface area contributed by atoms with E-state index in [4.69, 9.17) is 5.73 Å². The van der Waals surface area contributed by atoms with Crippen LogP contribution in [0.25, 0.3) is 0 Å². The van der Waals surface area contributed by atoms with Gasteiger partial charge in [0.2, 0.25) is 0 Å². The summed E-state index contributed by atoms with van der Waals surface area (Å²) in [5, 5.41) is 3.28. The number of urea groups is 1. The van der Waals surface area contributed by atoms with Crippen molar-refractivity contribution >= 4 is 6.03 Å². The number of carbonyl (C=O) groups excluding carboxylic acids is 1. The van der Waals surface area contributed by atoms with Crippen LogP contribution >= 0.6 is 0 Å². The van der Waals surface area contributed by atoms with Crippen molar-refractivity contribution < 1.29 is 4.79 Å². The number of nitrogens with one attached hydrogen (secondary N) is 1. The van der Waals surface area contributed by atoms with Gasteiger partial charge in [-0.15, -0.1) is 0 Å². The lowest BCUT2D eigenvalue weighted by Gasteiger charge is -2.40. The molecule has 0 saturated carbocycles. The van der Waals surface area contributed by atoms with Gasteiger partial charge in [-0.05, 0) is 18.9 Å². The van der Waals surface area contributed by atoms with Gasteiger partial charge in [0, 0.05) is 19.1 Å². The van der Waals surface area contributed by atoms with Crippen molar-refractivity contribution in [3.63, 3.8) is 0 Å². The van der Waals surface area contributed by atoms with E-state index in [1.807, 2.05) is 7.05 Å². The van der Waals surface area contributed by atoms with Crippen LogP contribution in [-0.2, 0) is 0 Å². The Balaban J connectivity index is 2.61. The maximum atomic E-state index is 11.0. The molecule has 1 aliphatic rings. The standard InChI is InChI=1S/C9H19N3O/c1-6-4-12(9(10)13)5-7(2)8(6)11-3/h6-8,11H,4-5H2,1-3H3,(H2,10,13). The first-order chi connectivity index (χ1) is 6.06. The lowest BCUT2D eigenvalue weighted by molar-refractivity contribution is 0.124. The lowest BCUT2D eigenvalue weighted by Crippen LogP contribution is -2.55. The molecule has 0 aromatic rings. The fourth-order valence-electron chi connectivity index (χ4n) is 2.31. The van der Waals surface area contributed by atoms with Crippen LogP contribution in [-0.4, -0.2) is 37.1 Å². The number of nitrogens with zero attached hydrogens (tertiary/aromatic N) is 1. The maximum Gasteiger partial charge on any atom is 0.314 e. The third kappa shape index (κ3) is 2.12. The molecule has 4 heteroatoms. The minimum Gasteiger partial charge on any atom is -0.351 e. The van der Waals surface area contributed by atoms with Crippen molar-refractivity contribution in [1.82, 2.24) is 10.2 Å². The molecule has 0 aromatic heterocycles. The van der Waals surface area contributed by atoms with Crippen LogP contribution in [0.1, 0.15) is 13.8 Å². The van der Waals surface area contributed by atoms with E-state index in [2.05, 4.69) is 19.2 Å². The number of hydrogen-bond donors (Lipinski definition) is 2. The summed E-state index contributed by atoms with van der Waals surface area (Å²) < 4.78 is 0. The molecular weight excluding hydrogens is 166 g/mol. The number of hydrogen-bond acceptors (Lipinski definition) is 2. The molecule has 1 heterocycles. The van der Waals surface area contributed by atoms with Gasteiger partial charge in [0.05, 0.1) is 0 Å². The summed E-state index contributed by atoms with van der Waals surface area (Å²) in [6.07, 6.45) is 0. The first kappa shape index (κ1) is 10.3. The Morgan fingerprint density at radius 1 is 1.38 bits per heavy atom. The molecule has 1 saturated heterocycles. The van der Waals surface area contributed by atoms with Crippen molar-refractivity contribution in [2.45, 2.75) is 19.9 Å². The number of carbonyl (C=O) groups is 1. The number of amides is 2. The zero-order valence-electron chi connectivity index (χ0n) is 8.58. The first-order valence-electron chi connectivity index (χ1n) is 4.78. The molecule has 2 amide bonds. The SMILES string of the molecule is CNC1C(C)CN(C(N)=O)CC1C. The van der Waals surface area contributed by atoms with Gasteiger partial charge in [-0.2, -0.15) is 0 Å². The Morgan fingerprint density at radius 3 is 2.15 bits per heavy atom. The van der Waals surface area contributed by atoms with Crippen LogP contribution in [0.15, 0.2) is 0 Å². The molecule has 2 unspecified atom stereocenters. The van der Waals surface area contributed by atoms with Gasteiger partial charge in [0.25, 0.3) is 0 Å². The van der Waals surface area contributed by atoms with Crippen LogP contribution in [0.2, 0.25) is 0 Å². The van der Waals surface area contributed by atoms with Gasteiger partial charge in [0.15, 0.2) is 0 Å². The quantitative estimate of drug-likeness (QED) is 0.615. The number of rotatable bonds is 1. The molecule has 1 fully saturated rings. The zero-order valence-corrected chi connectivity index (χ0v) is 8.58. The summed E-state index contributed by atoms with van der Waals surface area (Å²) in [6.45, 7) is 5.83.